The molecule has 0 aromatic heterocycles. The highest BCUT2D eigenvalue weighted by Gasteiger charge is 2.30. The molecule has 0 atom stereocenters. The van der Waals surface area contributed by atoms with Gasteiger partial charge in [-0.05, 0) is 48.8 Å². The van der Waals surface area contributed by atoms with E-state index in [0.717, 1.165) is 24.4 Å². The standard InChI is InChI=1S/C16H21ClN2/c1-16(10-11-18)8-6-15(7-9-16)19-12-13-2-4-14(17)5-3-13/h2-5,15,19H,6-10,12H2,1H3. The van der Waals surface area contributed by atoms with E-state index in [4.69, 9.17) is 16.9 Å². The zero-order valence-electron chi connectivity index (χ0n) is 11.5. The van der Waals surface area contributed by atoms with Crippen LogP contribution < -0.4 is 5.32 Å². The molecule has 1 fully saturated rings. The molecule has 1 saturated carbocycles. The Labute approximate surface area is 120 Å². The van der Waals surface area contributed by atoms with Gasteiger partial charge in [-0.25, -0.2) is 0 Å². The molecule has 0 amide bonds. The molecule has 2 nitrogen and oxygen atoms in total. The van der Waals surface area contributed by atoms with E-state index in [1.165, 1.54) is 18.4 Å². The minimum Gasteiger partial charge on any atom is -0.310 e. The summed E-state index contributed by atoms with van der Waals surface area (Å²) in [4.78, 5) is 0. The second-order valence-corrected chi connectivity index (χ2v) is 6.36. The summed E-state index contributed by atoms with van der Waals surface area (Å²) in [6.07, 6.45) is 5.34. The van der Waals surface area contributed by atoms with Crippen LogP contribution in [0.2, 0.25) is 5.02 Å². The van der Waals surface area contributed by atoms with Crippen molar-refractivity contribution in [2.45, 2.75) is 51.6 Å². The van der Waals surface area contributed by atoms with Gasteiger partial charge in [-0.1, -0.05) is 30.7 Å². The Balaban J connectivity index is 1.77. The highest BCUT2D eigenvalue weighted by atomic mass is 35.5. The zero-order valence-corrected chi connectivity index (χ0v) is 12.2. The predicted octanol–water partition coefficient (Wildman–Crippen LogP) is 4.29. The molecule has 1 N–H and O–H groups in total. The molecule has 2 rings (SSSR count). The lowest BCUT2D eigenvalue weighted by Crippen LogP contribution is -2.36. The van der Waals surface area contributed by atoms with E-state index in [1.807, 2.05) is 12.1 Å². The van der Waals surface area contributed by atoms with Crippen LogP contribution in [0.15, 0.2) is 24.3 Å². The third-order valence-electron chi connectivity index (χ3n) is 4.21. The predicted molar refractivity (Wildman–Crippen MR) is 78.9 cm³/mol. The average molecular weight is 277 g/mol. The van der Waals surface area contributed by atoms with Crippen LogP contribution in [0.1, 0.15) is 44.6 Å². The van der Waals surface area contributed by atoms with E-state index in [9.17, 15) is 0 Å². The first-order valence-electron chi connectivity index (χ1n) is 6.96. The van der Waals surface area contributed by atoms with Crippen LogP contribution in [0.25, 0.3) is 0 Å². The summed E-state index contributed by atoms with van der Waals surface area (Å²) in [5.74, 6) is 0. The van der Waals surface area contributed by atoms with Gasteiger partial charge in [-0.2, -0.15) is 5.26 Å². The molecule has 3 heteroatoms. The summed E-state index contributed by atoms with van der Waals surface area (Å²) in [7, 11) is 0. The maximum atomic E-state index is 8.85. The zero-order chi connectivity index (χ0) is 13.7. The monoisotopic (exact) mass is 276 g/mol. The molecule has 19 heavy (non-hydrogen) atoms. The summed E-state index contributed by atoms with van der Waals surface area (Å²) in [5.41, 5.74) is 1.52. The van der Waals surface area contributed by atoms with Gasteiger partial charge in [0.15, 0.2) is 0 Å². The molecule has 1 aromatic carbocycles. The fraction of sp³-hybridized carbons (Fsp3) is 0.562. The smallest absolute Gasteiger partial charge is 0.0627 e. The Morgan fingerprint density at radius 1 is 1.32 bits per heavy atom. The van der Waals surface area contributed by atoms with Crippen molar-refractivity contribution in [3.8, 4) is 6.07 Å². The number of benzene rings is 1. The van der Waals surface area contributed by atoms with Crippen molar-refractivity contribution < 1.29 is 0 Å². The molecule has 1 aromatic rings. The molecule has 0 saturated heterocycles. The van der Waals surface area contributed by atoms with E-state index in [0.29, 0.717) is 12.5 Å². The van der Waals surface area contributed by atoms with Crippen molar-refractivity contribution in [2.75, 3.05) is 0 Å². The van der Waals surface area contributed by atoms with Gasteiger partial charge in [0.2, 0.25) is 0 Å². The van der Waals surface area contributed by atoms with Crippen molar-refractivity contribution in [1.29, 1.82) is 5.26 Å². The Morgan fingerprint density at radius 2 is 1.95 bits per heavy atom. The summed E-state index contributed by atoms with van der Waals surface area (Å²) >= 11 is 5.87. The first-order chi connectivity index (χ1) is 9.11. The van der Waals surface area contributed by atoms with Crippen molar-refractivity contribution in [1.82, 2.24) is 5.32 Å². The summed E-state index contributed by atoms with van der Waals surface area (Å²) in [6, 6.07) is 10.9. The van der Waals surface area contributed by atoms with Gasteiger partial charge in [0, 0.05) is 24.0 Å². The van der Waals surface area contributed by atoms with Crippen LogP contribution in [0.3, 0.4) is 0 Å². The summed E-state index contributed by atoms with van der Waals surface area (Å²) in [6.45, 7) is 3.14. The maximum Gasteiger partial charge on any atom is 0.0627 e. The number of hydrogen-bond acceptors (Lipinski definition) is 2. The molecule has 0 spiro atoms. The number of nitrogens with zero attached hydrogens (tertiary/aromatic N) is 1. The minimum atomic E-state index is 0.243. The highest BCUT2D eigenvalue weighted by molar-refractivity contribution is 6.30. The van der Waals surface area contributed by atoms with E-state index in [1.54, 1.807) is 0 Å². The molecule has 1 aliphatic carbocycles. The normalized spacial score (nSPS) is 26.9. The van der Waals surface area contributed by atoms with Gasteiger partial charge in [0.1, 0.15) is 0 Å². The van der Waals surface area contributed by atoms with Gasteiger partial charge in [-0.15, -0.1) is 0 Å². The molecule has 102 valence electrons. The average Bonchev–Trinajstić information content (AvgIpc) is 2.40. The lowest BCUT2D eigenvalue weighted by atomic mass is 9.72. The van der Waals surface area contributed by atoms with Crippen LogP contribution in [-0.2, 0) is 6.54 Å². The van der Waals surface area contributed by atoms with Crippen LogP contribution in [-0.4, -0.2) is 6.04 Å². The van der Waals surface area contributed by atoms with Gasteiger partial charge >= 0.3 is 0 Å². The Kier molecular flexibility index (Phi) is 4.85. The SMILES string of the molecule is CC1(CC#N)CCC(NCc2ccc(Cl)cc2)CC1. The van der Waals surface area contributed by atoms with Crippen molar-refractivity contribution >= 4 is 11.6 Å². The van der Waals surface area contributed by atoms with E-state index in [-0.39, 0.29) is 5.41 Å². The highest BCUT2D eigenvalue weighted by Crippen LogP contribution is 2.38. The molecule has 0 heterocycles. The molecular formula is C16H21ClN2. The minimum absolute atomic E-state index is 0.243. The van der Waals surface area contributed by atoms with E-state index >= 15 is 0 Å². The van der Waals surface area contributed by atoms with Crippen molar-refractivity contribution in [2.24, 2.45) is 5.41 Å². The topological polar surface area (TPSA) is 35.8 Å². The fourth-order valence-electron chi connectivity index (χ4n) is 2.75. The third kappa shape index (κ3) is 4.23. The van der Waals surface area contributed by atoms with Gasteiger partial charge < -0.3 is 5.32 Å². The second-order valence-electron chi connectivity index (χ2n) is 5.93. The van der Waals surface area contributed by atoms with E-state index in [2.05, 4.69) is 30.4 Å². The second kappa shape index (κ2) is 6.41. The quantitative estimate of drug-likeness (QED) is 0.890. The van der Waals surface area contributed by atoms with Gasteiger partial charge in [0.05, 0.1) is 6.07 Å². The molecule has 0 radical (unpaired) electrons. The van der Waals surface area contributed by atoms with Crippen LogP contribution >= 0.6 is 11.6 Å². The first kappa shape index (κ1) is 14.4. The number of hydrogen-bond donors (Lipinski definition) is 1. The Hall–Kier alpha value is -1.04. The molecule has 0 bridgehead atoms. The number of nitriles is 1. The Morgan fingerprint density at radius 3 is 2.53 bits per heavy atom. The lowest BCUT2D eigenvalue weighted by Gasteiger charge is -2.36. The van der Waals surface area contributed by atoms with Crippen LogP contribution in [0.4, 0.5) is 0 Å². The molecule has 0 aliphatic heterocycles. The number of rotatable bonds is 4. The van der Waals surface area contributed by atoms with Crippen LogP contribution in [0.5, 0.6) is 0 Å². The van der Waals surface area contributed by atoms with Crippen LogP contribution in [0, 0.1) is 16.7 Å². The Bertz CT molecular complexity index is 439. The largest absolute Gasteiger partial charge is 0.310 e. The third-order valence-corrected chi connectivity index (χ3v) is 4.46. The fourth-order valence-corrected chi connectivity index (χ4v) is 2.88. The molecule has 1 aliphatic rings. The first-order valence-corrected chi connectivity index (χ1v) is 7.34. The lowest BCUT2D eigenvalue weighted by molar-refractivity contribution is 0.188. The van der Waals surface area contributed by atoms with Gasteiger partial charge in [0.25, 0.3) is 0 Å². The summed E-state index contributed by atoms with van der Waals surface area (Å²) in [5, 5.41) is 13.2. The number of nitrogens with one attached hydrogen (secondary N) is 1. The summed E-state index contributed by atoms with van der Waals surface area (Å²) < 4.78 is 0. The number of halogens is 1. The van der Waals surface area contributed by atoms with Gasteiger partial charge in [-0.3, -0.25) is 0 Å². The molecule has 0 unspecified atom stereocenters. The van der Waals surface area contributed by atoms with Crippen molar-refractivity contribution in [3.63, 3.8) is 0 Å². The van der Waals surface area contributed by atoms with E-state index < -0.39 is 0 Å². The maximum absolute atomic E-state index is 8.85. The van der Waals surface area contributed by atoms with Crippen molar-refractivity contribution in [3.05, 3.63) is 34.9 Å². The molecular weight excluding hydrogens is 256 g/mol.